The van der Waals surface area contributed by atoms with Crippen LogP contribution in [0.15, 0.2) is 40.4 Å². The Morgan fingerprint density at radius 1 is 1.23 bits per heavy atom. The van der Waals surface area contributed by atoms with E-state index in [-0.39, 0.29) is 5.97 Å². The van der Waals surface area contributed by atoms with Crippen molar-refractivity contribution in [1.29, 1.82) is 0 Å². The molecule has 1 fully saturated rings. The largest absolute Gasteiger partial charge is 0.469 e. The Hall–Kier alpha value is -1.96. The number of hydrogen-bond acceptors (Lipinski definition) is 6. The van der Waals surface area contributed by atoms with E-state index in [2.05, 4.69) is 32.9 Å². The lowest BCUT2D eigenvalue weighted by atomic mass is 9.92. The third-order valence-electron chi connectivity index (χ3n) is 5.97. The normalized spacial score (nSPS) is 16.9. The molecule has 2 aliphatic heterocycles. The molecule has 4 rings (SSSR count). The smallest absolute Gasteiger partial charge is 0.312 e. The fraction of sp³-hybridized carbons (Fsp3) is 0.478. The van der Waals surface area contributed by atoms with Crippen LogP contribution in [0, 0.1) is 5.41 Å². The van der Waals surface area contributed by atoms with E-state index in [0.717, 1.165) is 60.5 Å². The molecule has 0 saturated carbocycles. The monoisotopic (exact) mass is 460 g/mol. The summed E-state index contributed by atoms with van der Waals surface area (Å²) in [7, 11) is 1.45. The van der Waals surface area contributed by atoms with Crippen molar-refractivity contribution in [3.05, 3.63) is 46.7 Å². The average molecular weight is 461 g/mol. The van der Waals surface area contributed by atoms with Gasteiger partial charge in [0.2, 0.25) is 0 Å². The topological polar surface area (TPSA) is 50.1 Å². The number of aromatic nitrogens is 1. The summed E-state index contributed by atoms with van der Waals surface area (Å²) in [4.78, 5) is 23.1. The van der Waals surface area contributed by atoms with Crippen molar-refractivity contribution in [2.45, 2.75) is 25.3 Å². The third-order valence-corrected chi connectivity index (χ3v) is 6.90. The van der Waals surface area contributed by atoms with Crippen molar-refractivity contribution in [3.8, 4) is 0 Å². The molecule has 0 N–H and O–H groups in total. The summed E-state index contributed by atoms with van der Waals surface area (Å²) in [5.41, 5.74) is 2.73. The highest BCUT2D eigenvalue weighted by molar-refractivity contribution is 7.98. The second kappa shape index (κ2) is 8.88. The van der Waals surface area contributed by atoms with E-state index in [1.54, 1.807) is 11.8 Å². The fourth-order valence-corrected chi connectivity index (χ4v) is 4.97. The Morgan fingerprint density at radius 3 is 2.65 bits per heavy atom. The number of aliphatic imine (C=N–C) groups is 1. The summed E-state index contributed by atoms with van der Waals surface area (Å²) in [6.45, 7) is 8.81. The number of carbonyl (C=O) groups is 1. The van der Waals surface area contributed by atoms with Gasteiger partial charge in [-0.15, -0.1) is 11.8 Å². The molecule has 8 heteroatoms. The first-order chi connectivity index (χ1) is 14.8. The van der Waals surface area contributed by atoms with Crippen LogP contribution < -0.4 is 0 Å². The summed E-state index contributed by atoms with van der Waals surface area (Å²) < 4.78 is 7.25. The second-order valence-corrected chi connectivity index (χ2v) is 10.1. The Kier molecular flexibility index (Phi) is 6.37. The zero-order valence-corrected chi connectivity index (χ0v) is 20.1. The first-order valence-corrected chi connectivity index (χ1v) is 12.1. The molecule has 1 aromatic carbocycles. The average Bonchev–Trinajstić information content (AvgIpc) is 3.09. The molecule has 0 unspecified atom stereocenters. The molecular formula is C23H29ClN4O2S. The SMILES string of the molecule is COC(=O)C(C)(C)CN1CCN(C2=Nc3ccc(Cl)cc3Cn3cc(SC)cc32)CC1. The number of piperazine rings is 1. The number of nitrogens with zero attached hydrogens (tertiary/aromatic N) is 4. The van der Waals surface area contributed by atoms with Crippen LogP contribution in [0.25, 0.3) is 0 Å². The molecule has 166 valence electrons. The molecule has 2 aromatic rings. The fourth-order valence-electron chi connectivity index (χ4n) is 4.31. The molecule has 0 aliphatic carbocycles. The highest BCUT2D eigenvalue weighted by atomic mass is 35.5. The number of hydrogen-bond donors (Lipinski definition) is 0. The van der Waals surface area contributed by atoms with Gasteiger partial charge in [-0.1, -0.05) is 11.6 Å². The van der Waals surface area contributed by atoms with E-state index in [1.165, 1.54) is 12.0 Å². The predicted octanol–water partition coefficient (Wildman–Crippen LogP) is 4.12. The zero-order chi connectivity index (χ0) is 22.2. The summed E-state index contributed by atoms with van der Waals surface area (Å²) in [6.07, 6.45) is 4.29. The lowest BCUT2D eigenvalue weighted by molar-refractivity contribution is -0.152. The van der Waals surface area contributed by atoms with Crippen LogP contribution in [-0.4, -0.2) is 72.3 Å². The molecule has 1 saturated heterocycles. The summed E-state index contributed by atoms with van der Waals surface area (Å²) >= 11 is 8.01. The Labute approximate surface area is 193 Å². The van der Waals surface area contributed by atoms with E-state index in [1.807, 2.05) is 32.0 Å². The third kappa shape index (κ3) is 4.64. The van der Waals surface area contributed by atoms with Gasteiger partial charge in [0.15, 0.2) is 5.84 Å². The number of benzene rings is 1. The highest BCUT2D eigenvalue weighted by Crippen LogP contribution is 2.32. The minimum absolute atomic E-state index is 0.166. The van der Waals surface area contributed by atoms with Crippen LogP contribution in [-0.2, 0) is 16.1 Å². The van der Waals surface area contributed by atoms with E-state index in [9.17, 15) is 4.79 Å². The highest BCUT2D eigenvalue weighted by Gasteiger charge is 2.33. The number of ether oxygens (including phenoxy) is 1. The van der Waals surface area contributed by atoms with Crippen molar-refractivity contribution in [2.75, 3.05) is 46.1 Å². The van der Waals surface area contributed by atoms with Gasteiger partial charge in [-0.3, -0.25) is 9.69 Å². The van der Waals surface area contributed by atoms with Gasteiger partial charge in [0.1, 0.15) is 0 Å². The number of amidine groups is 1. The first-order valence-electron chi connectivity index (χ1n) is 10.5. The maximum absolute atomic E-state index is 12.1. The Bertz CT molecular complexity index is 1010. The van der Waals surface area contributed by atoms with Crippen LogP contribution in [0.3, 0.4) is 0 Å². The van der Waals surface area contributed by atoms with E-state index >= 15 is 0 Å². The molecule has 0 atom stereocenters. The van der Waals surface area contributed by atoms with Crippen LogP contribution in [0.5, 0.6) is 0 Å². The molecule has 2 aliphatic rings. The van der Waals surface area contributed by atoms with Crippen LogP contribution in [0.4, 0.5) is 5.69 Å². The summed E-state index contributed by atoms with van der Waals surface area (Å²) in [6, 6.07) is 8.15. The molecule has 1 aromatic heterocycles. The maximum Gasteiger partial charge on any atom is 0.312 e. The number of fused-ring (bicyclic) bond motifs is 2. The minimum Gasteiger partial charge on any atom is -0.469 e. The van der Waals surface area contributed by atoms with Crippen molar-refractivity contribution < 1.29 is 9.53 Å². The van der Waals surface area contributed by atoms with Crippen molar-refractivity contribution >= 4 is 40.9 Å². The Morgan fingerprint density at radius 2 is 1.97 bits per heavy atom. The van der Waals surface area contributed by atoms with Gasteiger partial charge in [0, 0.05) is 55.4 Å². The number of rotatable bonds is 4. The number of methoxy groups -OCH3 is 1. The van der Waals surface area contributed by atoms with Gasteiger partial charge in [0.25, 0.3) is 0 Å². The lowest BCUT2D eigenvalue weighted by Crippen LogP contribution is -2.52. The van der Waals surface area contributed by atoms with Crippen molar-refractivity contribution in [3.63, 3.8) is 0 Å². The van der Waals surface area contributed by atoms with Gasteiger partial charge in [-0.05, 0) is 49.9 Å². The molecule has 0 amide bonds. The summed E-state index contributed by atoms with van der Waals surface area (Å²) in [5, 5.41) is 0.734. The van der Waals surface area contributed by atoms with Gasteiger partial charge in [0.05, 0.1) is 23.9 Å². The Balaban J connectivity index is 1.58. The van der Waals surface area contributed by atoms with Crippen molar-refractivity contribution in [1.82, 2.24) is 14.4 Å². The second-order valence-electron chi connectivity index (χ2n) is 8.74. The summed E-state index contributed by atoms with van der Waals surface area (Å²) in [5.74, 6) is 0.842. The van der Waals surface area contributed by atoms with Gasteiger partial charge < -0.3 is 14.2 Å². The molecule has 31 heavy (non-hydrogen) atoms. The van der Waals surface area contributed by atoms with Gasteiger partial charge in [-0.25, -0.2) is 4.99 Å². The maximum atomic E-state index is 12.1. The van der Waals surface area contributed by atoms with Crippen LogP contribution in [0.1, 0.15) is 25.1 Å². The minimum atomic E-state index is -0.517. The van der Waals surface area contributed by atoms with E-state index < -0.39 is 5.41 Å². The van der Waals surface area contributed by atoms with Gasteiger partial charge in [-0.2, -0.15) is 0 Å². The molecule has 0 bridgehead atoms. The van der Waals surface area contributed by atoms with E-state index in [4.69, 9.17) is 21.3 Å². The number of halogens is 1. The number of esters is 1. The molecular weight excluding hydrogens is 432 g/mol. The standard InChI is InChI=1S/C23H29ClN4O2S/c1-23(2,22(29)30-3)15-26-7-9-27(10-8-26)21-20-12-18(31-4)14-28(20)13-16-11-17(24)5-6-19(16)25-21/h5-6,11-12,14H,7-10,13,15H2,1-4H3. The molecule has 0 radical (unpaired) electrons. The molecule has 0 spiro atoms. The molecule has 6 nitrogen and oxygen atoms in total. The molecule has 3 heterocycles. The zero-order valence-electron chi connectivity index (χ0n) is 18.5. The van der Waals surface area contributed by atoms with E-state index in [0.29, 0.717) is 6.54 Å². The predicted molar refractivity (Wildman–Crippen MR) is 127 cm³/mol. The number of carbonyl (C=O) groups excluding carboxylic acids is 1. The quantitative estimate of drug-likeness (QED) is 0.507. The lowest BCUT2D eigenvalue weighted by Gasteiger charge is -2.39. The van der Waals surface area contributed by atoms with Crippen LogP contribution in [0.2, 0.25) is 5.02 Å². The first kappa shape index (κ1) is 22.2. The van der Waals surface area contributed by atoms with Crippen molar-refractivity contribution in [2.24, 2.45) is 10.4 Å². The van der Waals surface area contributed by atoms with Gasteiger partial charge >= 0.3 is 5.97 Å². The van der Waals surface area contributed by atoms with Crippen LogP contribution >= 0.6 is 23.4 Å². The number of thioether (sulfide) groups is 1.